The number of hydrogen-bond donors (Lipinski definition) is 2. The van der Waals surface area contributed by atoms with E-state index in [1.54, 1.807) is 0 Å². The molecule has 0 bridgehead atoms. The van der Waals surface area contributed by atoms with E-state index in [1.807, 2.05) is 29.2 Å². The second-order valence-corrected chi connectivity index (χ2v) is 6.00. The van der Waals surface area contributed by atoms with Gasteiger partial charge >= 0.3 is 0 Å². The second kappa shape index (κ2) is 9.93. The molecule has 0 radical (unpaired) electrons. The fourth-order valence-corrected chi connectivity index (χ4v) is 2.69. The summed E-state index contributed by atoms with van der Waals surface area (Å²) in [5.74, 6) is 0.807. The average Bonchev–Trinajstić information content (AvgIpc) is 3.11. The summed E-state index contributed by atoms with van der Waals surface area (Å²) in [5.41, 5.74) is 1.03. The average molecular weight is 333 g/mol. The Morgan fingerprint density at radius 1 is 1.17 bits per heavy atom. The minimum Gasteiger partial charge on any atom is -0.483 e. The molecular weight excluding hydrogens is 306 g/mol. The van der Waals surface area contributed by atoms with Crippen LogP contribution in [0.2, 0.25) is 0 Å². The Morgan fingerprint density at radius 3 is 2.67 bits per heavy atom. The van der Waals surface area contributed by atoms with Gasteiger partial charge in [0.2, 0.25) is 5.91 Å². The van der Waals surface area contributed by atoms with E-state index in [1.165, 1.54) is 6.92 Å². The van der Waals surface area contributed by atoms with Crippen LogP contribution in [0.15, 0.2) is 24.3 Å². The number of para-hydroxylation sites is 1. The van der Waals surface area contributed by atoms with Gasteiger partial charge in [-0.3, -0.25) is 9.59 Å². The summed E-state index contributed by atoms with van der Waals surface area (Å²) in [5, 5.41) is 6.10. The number of benzene rings is 1. The fourth-order valence-electron chi connectivity index (χ4n) is 2.69. The molecule has 1 aliphatic rings. The third kappa shape index (κ3) is 6.20. The van der Waals surface area contributed by atoms with E-state index in [4.69, 9.17) is 4.74 Å². The van der Waals surface area contributed by atoms with Crippen LogP contribution in [0.25, 0.3) is 0 Å². The molecule has 1 saturated heterocycles. The number of nitrogens with one attached hydrogen (secondary N) is 2. The standard InChI is InChI=1S/C18H27N3O3/c1-15(22)20-10-6-9-19-13-16-7-2-3-8-17(16)24-14-18(23)21-11-4-5-12-21/h2-3,7-8,19H,4-6,9-14H2,1H3,(H,20,22). The normalized spacial score (nSPS) is 13.8. The number of carbonyl (C=O) groups excluding carboxylic acids is 2. The van der Waals surface area contributed by atoms with E-state index in [2.05, 4.69) is 10.6 Å². The van der Waals surface area contributed by atoms with Gasteiger partial charge in [0, 0.05) is 38.7 Å². The van der Waals surface area contributed by atoms with Gasteiger partial charge in [-0.1, -0.05) is 18.2 Å². The van der Waals surface area contributed by atoms with Crippen molar-refractivity contribution in [2.45, 2.75) is 32.7 Å². The van der Waals surface area contributed by atoms with Crippen LogP contribution in [0.1, 0.15) is 31.7 Å². The number of nitrogens with zero attached hydrogens (tertiary/aromatic N) is 1. The van der Waals surface area contributed by atoms with Crippen molar-refractivity contribution < 1.29 is 14.3 Å². The molecule has 24 heavy (non-hydrogen) atoms. The molecule has 2 rings (SSSR count). The maximum absolute atomic E-state index is 12.1. The Kier molecular flexibility index (Phi) is 7.55. The van der Waals surface area contributed by atoms with Crippen LogP contribution in [0.4, 0.5) is 0 Å². The van der Waals surface area contributed by atoms with Crippen LogP contribution in [-0.4, -0.2) is 49.5 Å². The smallest absolute Gasteiger partial charge is 0.260 e. The van der Waals surface area contributed by atoms with Gasteiger partial charge in [0.1, 0.15) is 5.75 Å². The quantitative estimate of drug-likeness (QED) is 0.669. The maximum atomic E-state index is 12.1. The van der Waals surface area contributed by atoms with Gasteiger partial charge in [-0.25, -0.2) is 0 Å². The van der Waals surface area contributed by atoms with Crippen LogP contribution in [0.3, 0.4) is 0 Å². The van der Waals surface area contributed by atoms with Crippen molar-refractivity contribution in [3.63, 3.8) is 0 Å². The van der Waals surface area contributed by atoms with Crippen molar-refractivity contribution in [2.24, 2.45) is 0 Å². The summed E-state index contributed by atoms with van der Waals surface area (Å²) in [7, 11) is 0. The summed E-state index contributed by atoms with van der Waals surface area (Å²) < 4.78 is 5.73. The summed E-state index contributed by atoms with van der Waals surface area (Å²) >= 11 is 0. The molecule has 2 amide bonds. The van der Waals surface area contributed by atoms with E-state index in [0.717, 1.165) is 50.2 Å². The zero-order valence-electron chi connectivity index (χ0n) is 14.3. The van der Waals surface area contributed by atoms with Crippen LogP contribution >= 0.6 is 0 Å². The molecule has 6 nitrogen and oxygen atoms in total. The first kappa shape index (κ1) is 18.3. The Morgan fingerprint density at radius 2 is 1.92 bits per heavy atom. The molecule has 0 aliphatic carbocycles. The summed E-state index contributed by atoms with van der Waals surface area (Å²) in [6, 6.07) is 7.77. The van der Waals surface area contributed by atoms with Gasteiger partial charge in [0.25, 0.3) is 5.91 Å². The number of likely N-dealkylation sites (tertiary alicyclic amines) is 1. The molecule has 6 heteroatoms. The van der Waals surface area contributed by atoms with Crippen molar-refractivity contribution in [3.05, 3.63) is 29.8 Å². The van der Waals surface area contributed by atoms with Crippen LogP contribution in [0.5, 0.6) is 5.75 Å². The van der Waals surface area contributed by atoms with Crippen molar-refractivity contribution in [1.82, 2.24) is 15.5 Å². The molecule has 2 N–H and O–H groups in total. The molecule has 0 atom stereocenters. The van der Waals surface area contributed by atoms with Gasteiger partial charge < -0.3 is 20.3 Å². The highest BCUT2D eigenvalue weighted by Gasteiger charge is 2.18. The predicted octanol–water partition coefficient (Wildman–Crippen LogP) is 1.30. The third-order valence-corrected chi connectivity index (χ3v) is 4.00. The first-order valence-electron chi connectivity index (χ1n) is 8.60. The molecule has 0 saturated carbocycles. The summed E-state index contributed by atoms with van der Waals surface area (Å²) in [6.07, 6.45) is 3.05. The topological polar surface area (TPSA) is 70.7 Å². The van der Waals surface area contributed by atoms with Gasteiger partial charge in [0.05, 0.1) is 0 Å². The minimum atomic E-state index is -0.00332. The maximum Gasteiger partial charge on any atom is 0.260 e. The molecular formula is C18H27N3O3. The van der Waals surface area contributed by atoms with Crippen molar-refractivity contribution in [3.8, 4) is 5.75 Å². The number of rotatable bonds is 9. The van der Waals surface area contributed by atoms with E-state index < -0.39 is 0 Å². The van der Waals surface area contributed by atoms with Crippen LogP contribution in [0, 0.1) is 0 Å². The Labute approximate surface area is 143 Å². The molecule has 0 spiro atoms. The first-order chi connectivity index (χ1) is 11.7. The number of hydrogen-bond acceptors (Lipinski definition) is 4. The summed E-state index contributed by atoms with van der Waals surface area (Å²) in [4.78, 5) is 24.7. The number of ether oxygens (including phenoxy) is 1. The lowest BCUT2D eigenvalue weighted by Gasteiger charge is -2.17. The van der Waals surface area contributed by atoms with E-state index in [0.29, 0.717) is 13.1 Å². The predicted molar refractivity (Wildman–Crippen MR) is 92.8 cm³/mol. The zero-order valence-corrected chi connectivity index (χ0v) is 14.3. The third-order valence-electron chi connectivity index (χ3n) is 4.00. The van der Waals surface area contributed by atoms with Crippen molar-refractivity contribution in [1.29, 1.82) is 0 Å². The van der Waals surface area contributed by atoms with Crippen molar-refractivity contribution in [2.75, 3.05) is 32.8 Å². The van der Waals surface area contributed by atoms with E-state index in [-0.39, 0.29) is 18.4 Å². The molecule has 1 aliphatic heterocycles. The lowest BCUT2D eigenvalue weighted by atomic mass is 10.2. The molecule has 1 aromatic rings. The molecule has 1 aromatic carbocycles. The lowest BCUT2D eigenvalue weighted by molar-refractivity contribution is -0.132. The molecule has 1 heterocycles. The van der Waals surface area contributed by atoms with Crippen LogP contribution < -0.4 is 15.4 Å². The Balaban J connectivity index is 1.73. The molecule has 1 fully saturated rings. The van der Waals surface area contributed by atoms with Gasteiger partial charge in [-0.15, -0.1) is 0 Å². The van der Waals surface area contributed by atoms with Crippen molar-refractivity contribution >= 4 is 11.8 Å². The highest BCUT2D eigenvalue weighted by molar-refractivity contribution is 5.78. The Hall–Kier alpha value is -2.08. The zero-order chi connectivity index (χ0) is 17.2. The van der Waals surface area contributed by atoms with E-state index >= 15 is 0 Å². The Bertz CT molecular complexity index is 542. The molecule has 0 unspecified atom stereocenters. The largest absolute Gasteiger partial charge is 0.483 e. The van der Waals surface area contributed by atoms with Crippen LogP contribution in [-0.2, 0) is 16.1 Å². The summed E-state index contributed by atoms with van der Waals surface area (Å²) in [6.45, 7) is 5.46. The highest BCUT2D eigenvalue weighted by Crippen LogP contribution is 2.18. The van der Waals surface area contributed by atoms with Gasteiger partial charge in [-0.05, 0) is 31.9 Å². The first-order valence-corrected chi connectivity index (χ1v) is 8.60. The fraction of sp³-hybridized carbons (Fsp3) is 0.556. The lowest BCUT2D eigenvalue weighted by Crippen LogP contribution is -2.32. The second-order valence-electron chi connectivity index (χ2n) is 6.00. The molecule has 132 valence electrons. The number of amides is 2. The molecule has 0 aromatic heterocycles. The SMILES string of the molecule is CC(=O)NCCCNCc1ccccc1OCC(=O)N1CCCC1. The van der Waals surface area contributed by atoms with Gasteiger partial charge in [0.15, 0.2) is 6.61 Å². The van der Waals surface area contributed by atoms with E-state index in [9.17, 15) is 9.59 Å². The highest BCUT2D eigenvalue weighted by atomic mass is 16.5. The monoisotopic (exact) mass is 333 g/mol. The number of carbonyl (C=O) groups is 2. The van der Waals surface area contributed by atoms with Gasteiger partial charge in [-0.2, -0.15) is 0 Å². The minimum absolute atomic E-state index is 0.00332.